The molecule has 0 aliphatic heterocycles. The Kier molecular flexibility index (Phi) is 20.6. The first kappa shape index (κ1) is 82.5. The zero-order valence-electron chi connectivity index (χ0n) is 76.3. The highest BCUT2D eigenvalue weighted by Gasteiger charge is 2.25. The van der Waals surface area contributed by atoms with Crippen LogP contribution in [0.15, 0.2) is 529 Å². The number of nitrogens with zero attached hydrogens (tertiary/aromatic N) is 9. The molecular formula is C129H85N9O3. The molecule has 0 unspecified atom stereocenters. The van der Waals surface area contributed by atoms with Gasteiger partial charge in [0.15, 0.2) is 0 Å². The van der Waals surface area contributed by atoms with Crippen molar-refractivity contribution in [3.05, 3.63) is 516 Å². The minimum Gasteiger partial charge on any atom is -0.456 e. The van der Waals surface area contributed by atoms with Crippen LogP contribution in [0.1, 0.15) is 0 Å². The molecule has 0 N–H and O–H groups in total. The Morgan fingerprint density at radius 3 is 0.752 bits per heavy atom. The van der Waals surface area contributed by atoms with Gasteiger partial charge in [0.25, 0.3) is 0 Å². The molecule has 0 spiro atoms. The van der Waals surface area contributed by atoms with Crippen LogP contribution in [0.5, 0.6) is 0 Å². The number of hydrogen-bond donors (Lipinski definition) is 0. The van der Waals surface area contributed by atoms with Gasteiger partial charge in [-0.15, -0.1) is 0 Å². The Labute approximate surface area is 811 Å². The maximum atomic E-state index is 6.32. The van der Waals surface area contributed by atoms with Gasteiger partial charge in [-0.2, -0.15) is 0 Å². The fraction of sp³-hybridized carbons (Fsp3) is 0. The van der Waals surface area contributed by atoms with Crippen LogP contribution in [0.25, 0.3) is 193 Å². The number of fused-ring (bicyclic) bond motifs is 18. The highest BCUT2D eigenvalue weighted by molar-refractivity contribution is 6.15. The molecule has 28 rings (SSSR count). The zero-order chi connectivity index (χ0) is 93.2. The first-order valence-corrected chi connectivity index (χ1v) is 47.5. The Morgan fingerprint density at radius 1 is 0.149 bits per heavy atom. The van der Waals surface area contributed by atoms with E-state index in [1.165, 1.54) is 65.5 Å². The largest absolute Gasteiger partial charge is 0.456 e. The summed E-state index contributed by atoms with van der Waals surface area (Å²) >= 11 is 0. The van der Waals surface area contributed by atoms with Gasteiger partial charge in [-0.3, -0.25) is 14.7 Å². The van der Waals surface area contributed by atoms with Crippen molar-refractivity contribution in [3.8, 4) is 61.6 Å². The Morgan fingerprint density at radius 2 is 0.390 bits per heavy atom. The number of furan rings is 3. The monoisotopic (exact) mass is 1810 g/mol. The van der Waals surface area contributed by atoms with Crippen molar-refractivity contribution in [1.82, 2.24) is 28.7 Å². The highest BCUT2D eigenvalue weighted by atomic mass is 16.3. The summed E-state index contributed by atoms with van der Waals surface area (Å²) in [6.45, 7) is 0. The van der Waals surface area contributed by atoms with Crippen LogP contribution in [0, 0.1) is 0 Å². The lowest BCUT2D eigenvalue weighted by Crippen LogP contribution is -2.11. The molecule has 19 aromatic carbocycles. The van der Waals surface area contributed by atoms with Crippen molar-refractivity contribution in [2.45, 2.75) is 0 Å². The van der Waals surface area contributed by atoms with Crippen molar-refractivity contribution < 1.29 is 13.3 Å². The van der Waals surface area contributed by atoms with Crippen molar-refractivity contribution in [3.63, 3.8) is 0 Å². The number of para-hydroxylation sites is 9. The van der Waals surface area contributed by atoms with Crippen LogP contribution < -0.4 is 14.7 Å². The third-order valence-corrected chi connectivity index (χ3v) is 27.1. The molecule has 0 radical (unpaired) electrons. The van der Waals surface area contributed by atoms with E-state index < -0.39 is 0 Å². The Balaban J connectivity index is 0.000000109. The topological polar surface area (TPSA) is 103 Å². The lowest BCUT2D eigenvalue weighted by Gasteiger charge is -2.25. The van der Waals surface area contributed by atoms with Crippen molar-refractivity contribution in [2.75, 3.05) is 14.7 Å². The van der Waals surface area contributed by atoms with Crippen molar-refractivity contribution in [2.24, 2.45) is 0 Å². The Hall–Kier alpha value is -19.2. The summed E-state index contributed by atoms with van der Waals surface area (Å²) in [5.74, 6) is 2.49. The van der Waals surface area contributed by atoms with Crippen LogP contribution in [0.2, 0.25) is 0 Å². The molecule has 0 aliphatic rings. The summed E-state index contributed by atoms with van der Waals surface area (Å²) in [7, 11) is 0. The van der Waals surface area contributed by atoms with Crippen LogP contribution in [-0.2, 0) is 0 Å². The van der Waals surface area contributed by atoms with Crippen LogP contribution in [0.4, 0.5) is 51.6 Å². The predicted molar refractivity (Wildman–Crippen MR) is 583 cm³/mol. The molecule has 0 bridgehead atoms. The van der Waals surface area contributed by atoms with Gasteiger partial charge in [-0.05, 0) is 234 Å². The lowest BCUT2D eigenvalue weighted by atomic mass is 10.0. The summed E-state index contributed by atoms with van der Waals surface area (Å²) in [6, 6.07) is 174. The fourth-order valence-electron chi connectivity index (χ4n) is 20.5. The van der Waals surface area contributed by atoms with Gasteiger partial charge in [0.05, 0.1) is 50.2 Å². The minimum atomic E-state index is 0.827. The number of aromatic nitrogens is 6. The average Bonchev–Trinajstić information content (AvgIpc) is 1.59. The second-order valence-corrected chi connectivity index (χ2v) is 35.4. The summed E-state index contributed by atoms with van der Waals surface area (Å²) in [5, 5.41) is 14.0. The van der Waals surface area contributed by atoms with E-state index in [2.05, 4.69) is 471 Å². The van der Waals surface area contributed by atoms with Gasteiger partial charge in [0.1, 0.15) is 51.0 Å². The fourth-order valence-corrected chi connectivity index (χ4v) is 20.5. The van der Waals surface area contributed by atoms with E-state index >= 15 is 0 Å². The van der Waals surface area contributed by atoms with E-state index in [4.69, 9.17) is 28.2 Å². The van der Waals surface area contributed by atoms with Gasteiger partial charge >= 0.3 is 0 Å². The highest BCUT2D eigenvalue weighted by Crippen LogP contribution is 2.47. The maximum absolute atomic E-state index is 6.32. The van der Waals surface area contributed by atoms with Crippen LogP contribution in [0.3, 0.4) is 0 Å². The van der Waals surface area contributed by atoms with Crippen molar-refractivity contribution >= 4 is 183 Å². The molecule has 0 aliphatic carbocycles. The van der Waals surface area contributed by atoms with Gasteiger partial charge in [-0.25, -0.2) is 15.0 Å². The molecule has 28 aromatic rings. The van der Waals surface area contributed by atoms with E-state index in [1.807, 2.05) is 73.2 Å². The number of pyridine rings is 3. The molecule has 141 heavy (non-hydrogen) atoms. The maximum Gasteiger partial charge on any atom is 0.137 e. The molecule has 0 saturated carbocycles. The molecule has 9 heterocycles. The standard InChI is InChI=1S/C47H31N3O.2C41H27N3O/c1-3-11-32(12-4-1)35-22-28-47(48-31-35)49(38-25-26-41-40-16-8-10-18-45(40)51-46(41)30-38)37-23-19-33(20-24-37)34-21-27-44-42(29-34)39-15-7-9-17-43(39)50(44)36-13-5-2-6-14-36;1-3-11-28(12-4-1)29-19-24-41(42-27-29)43(32-20-22-35-34-16-8-10-18-39(34)45-40(35)26-32)31-21-23-38-36(25-31)33-15-7-9-17-37(33)44(38)30-13-5-2-6-14-30;1-2-10-28(11-3-1)29-18-25-41(42-27-29)43(32-23-24-36-35-14-6-9-17-39(35)45-40(36)26-32)30-19-21-31(22-20-30)44-37-15-7-4-12-33(37)34-13-5-8-16-38(34)44/h1-31H;2*1-27H. The minimum absolute atomic E-state index is 0.827. The van der Waals surface area contributed by atoms with Gasteiger partial charge in [0.2, 0.25) is 0 Å². The van der Waals surface area contributed by atoms with Gasteiger partial charge in [0, 0.05) is 152 Å². The molecule has 12 heteroatoms. The number of anilines is 9. The molecule has 12 nitrogen and oxygen atoms in total. The van der Waals surface area contributed by atoms with E-state index in [0.717, 1.165) is 179 Å². The SMILES string of the molecule is c1ccc(-c2ccc(N(c3ccc(-c4ccc5c(c4)c4ccccc4n5-c4ccccc4)cc3)c3ccc4c(c3)oc3ccccc34)nc2)cc1.c1ccc(-c2ccc(N(c3ccc(-n4c5ccccc5c5ccccc54)cc3)c3ccc4c(c3)oc3ccccc34)nc2)cc1.c1ccc(-c2ccc(N(c3ccc4c(c3)oc3ccccc34)c3ccc4c(c3)c3ccccc3n4-c3ccccc3)nc2)cc1. The quantitative estimate of drug-likeness (QED) is 0.0936. The third-order valence-electron chi connectivity index (χ3n) is 27.1. The number of rotatable bonds is 16. The van der Waals surface area contributed by atoms with E-state index in [9.17, 15) is 0 Å². The summed E-state index contributed by atoms with van der Waals surface area (Å²) in [4.78, 5) is 21.6. The number of benzene rings is 19. The first-order chi connectivity index (χ1) is 69.9. The molecule has 0 atom stereocenters. The Bertz CT molecular complexity index is 9480. The molecule has 0 saturated heterocycles. The van der Waals surface area contributed by atoms with E-state index in [-0.39, 0.29) is 0 Å². The van der Waals surface area contributed by atoms with Gasteiger partial charge in [-0.1, -0.05) is 273 Å². The first-order valence-electron chi connectivity index (χ1n) is 47.5. The van der Waals surface area contributed by atoms with E-state index in [0.29, 0.717) is 0 Å². The zero-order valence-corrected chi connectivity index (χ0v) is 76.3. The molecule has 0 amide bonds. The third kappa shape index (κ3) is 15.0. The lowest BCUT2D eigenvalue weighted by molar-refractivity contribution is 0.668. The molecule has 664 valence electrons. The smallest absolute Gasteiger partial charge is 0.137 e. The van der Waals surface area contributed by atoms with E-state index in [1.54, 1.807) is 0 Å². The predicted octanol–water partition coefficient (Wildman–Crippen LogP) is 35.3. The normalized spacial score (nSPS) is 11.5. The molecular weight excluding hydrogens is 1720 g/mol. The molecule has 9 aromatic heterocycles. The summed E-state index contributed by atoms with van der Waals surface area (Å²) in [6.07, 6.45) is 5.86. The second kappa shape index (κ2) is 35.3. The number of hydrogen-bond acceptors (Lipinski definition) is 9. The van der Waals surface area contributed by atoms with Crippen LogP contribution in [-0.4, -0.2) is 28.7 Å². The average molecular weight is 1810 g/mol. The van der Waals surface area contributed by atoms with Gasteiger partial charge < -0.3 is 27.0 Å². The van der Waals surface area contributed by atoms with Crippen LogP contribution >= 0.6 is 0 Å². The molecule has 0 fully saturated rings. The second-order valence-electron chi connectivity index (χ2n) is 35.4. The summed E-state index contributed by atoms with van der Waals surface area (Å²) in [5.41, 5.74) is 30.7. The van der Waals surface area contributed by atoms with Crippen molar-refractivity contribution in [1.29, 1.82) is 0 Å². The summed E-state index contributed by atoms with van der Waals surface area (Å²) < 4.78 is 26.0.